The summed E-state index contributed by atoms with van der Waals surface area (Å²) in [5, 5.41) is 2.71. The van der Waals surface area contributed by atoms with E-state index in [2.05, 4.69) is 5.32 Å². The molecule has 27 heavy (non-hydrogen) atoms. The average molecular weight is 370 g/mol. The van der Waals surface area contributed by atoms with Crippen molar-refractivity contribution in [3.8, 4) is 5.75 Å². The van der Waals surface area contributed by atoms with E-state index in [1.807, 2.05) is 30.3 Å². The maximum absolute atomic E-state index is 12.1. The molecule has 2 amide bonds. The number of carbonyl (C=O) groups is 3. The number of nitrogens with one attached hydrogen (secondary N) is 1. The van der Waals surface area contributed by atoms with Crippen molar-refractivity contribution >= 4 is 17.8 Å². The summed E-state index contributed by atoms with van der Waals surface area (Å²) in [7, 11) is 0. The molecule has 0 heterocycles. The SMILES string of the molecule is NC(=O)COc1ccccc1C(=O)OCC(=O)NCCCc1ccccc1. The number of esters is 1. The van der Waals surface area contributed by atoms with Gasteiger partial charge in [-0.2, -0.15) is 0 Å². The van der Waals surface area contributed by atoms with Gasteiger partial charge in [-0.05, 0) is 30.5 Å². The Bertz CT molecular complexity index is 777. The third-order valence-electron chi connectivity index (χ3n) is 3.62. The number of para-hydroxylation sites is 1. The van der Waals surface area contributed by atoms with Gasteiger partial charge in [0.05, 0.1) is 0 Å². The topological polar surface area (TPSA) is 108 Å². The minimum Gasteiger partial charge on any atom is -0.483 e. The van der Waals surface area contributed by atoms with E-state index in [-0.39, 0.29) is 23.8 Å². The number of ether oxygens (including phenoxy) is 2. The molecule has 0 aliphatic rings. The monoisotopic (exact) mass is 370 g/mol. The number of carbonyl (C=O) groups excluding carboxylic acids is 3. The van der Waals surface area contributed by atoms with Crippen molar-refractivity contribution in [1.29, 1.82) is 0 Å². The highest BCUT2D eigenvalue weighted by molar-refractivity contribution is 5.94. The van der Waals surface area contributed by atoms with Crippen LogP contribution < -0.4 is 15.8 Å². The van der Waals surface area contributed by atoms with Crippen molar-refractivity contribution in [2.45, 2.75) is 12.8 Å². The first-order valence-electron chi connectivity index (χ1n) is 8.54. The fourth-order valence-electron chi connectivity index (χ4n) is 2.33. The van der Waals surface area contributed by atoms with E-state index in [1.54, 1.807) is 12.1 Å². The summed E-state index contributed by atoms with van der Waals surface area (Å²) in [4.78, 5) is 34.8. The lowest BCUT2D eigenvalue weighted by molar-refractivity contribution is -0.124. The second kappa shape index (κ2) is 10.6. The first kappa shape index (κ1) is 20.0. The zero-order chi connectivity index (χ0) is 19.5. The summed E-state index contributed by atoms with van der Waals surface area (Å²) in [5.41, 5.74) is 6.35. The maximum Gasteiger partial charge on any atom is 0.342 e. The second-order valence-corrected chi connectivity index (χ2v) is 5.77. The first-order chi connectivity index (χ1) is 13.1. The summed E-state index contributed by atoms with van der Waals surface area (Å²) in [6.07, 6.45) is 1.64. The number of benzene rings is 2. The lowest BCUT2D eigenvalue weighted by Gasteiger charge is -2.10. The van der Waals surface area contributed by atoms with Crippen molar-refractivity contribution in [2.24, 2.45) is 5.73 Å². The number of hydrogen-bond acceptors (Lipinski definition) is 5. The van der Waals surface area contributed by atoms with Crippen LogP contribution in [0.5, 0.6) is 5.75 Å². The minimum absolute atomic E-state index is 0.121. The Hall–Kier alpha value is -3.35. The number of rotatable bonds is 10. The molecule has 7 nitrogen and oxygen atoms in total. The van der Waals surface area contributed by atoms with Crippen LogP contribution in [0.1, 0.15) is 22.3 Å². The van der Waals surface area contributed by atoms with Crippen molar-refractivity contribution in [1.82, 2.24) is 5.32 Å². The molecule has 0 fully saturated rings. The Kier molecular flexibility index (Phi) is 7.84. The van der Waals surface area contributed by atoms with Gasteiger partial charge in [-0.15, -0.1) is 0 Å². The number of amides is 2. The van der Waals surface area contributed by atoms with Crippen LogP contribution in [0.15, 0.2) is 54.6 Å². The molecule has 0 saturated carbocycles. The van der Waals surface area contributed by atoms with Crippen LogP contribution in [0.25, 0.3) is 0 Å². The van der Waals surface area contributed by atoms with Crippen molar-refractivity contribution in [2.75, 3.05) is 19.8 Å². The van der Waals surface area contributed by atoms with Gasteiger partial charge in [0.1, 0.15) is 11.3 Å². The fourth-order valence-corrected chi connectivity index (χ4v) is 2.33. The van der Waals surface area contributed by atoms with E-state index in [4.69, 9.17) is 15.2 Å². The normalized spacial score (nSPS) is 10.1. The maximum atomic E-state index is 12.1. The van der Waals surface area contributed by atoms with E-state index in [0.717, 1.165) is 12.8 Å². The van der Waals surface area contributed by atoms with E-state index in [1.165, 1.54) is 17.7 Å². The van der Waals surface area contributed by atoms with Gasteiger partial charge in [-0.3, -0.25) is 9.59 Å². The van der Waals surface area contributed by atoms with Crippen LogP contribution in [0, 0.1) is 0 Å². The van der Waals surface area contributed by atoms with Crippen LogP contribution in [0.2, 0.25) is 0 Å². The number of nitrogens with two attached hydrogens (primary N) is 1. The van der Waals surface area contributed by atoms with E-state index in [9.17, 15) is 14.4 Å². The molecule has 2 rings (SSSR count). The molecule has 0 unspecified atom stereocenters. The molecule has 0 radical (unpaired) electrons. The van der Waals surface area contributed by atoms with Gasteiger partial charge < -0.3 is 20.5 Å². The molecule has 2 aromatic carbocycles. The van der Waals surface area contributed by atoms with Crippen molar-refractivity contribution in [3.63, 3.8) is 0 Å². The number of hydrogen-bond donors (Lipinski definition) is 2. The Morgan fingerprint density at radius 2 is 1.63 bits per heavy atom. The Labute approximate surface area is 157 Å². The molecule has 0 aliphatic heterocycles. The molecule has 0 bridgehead atoms. The standard InChI is InChI=1S/C20H22N2O5/c21-18(23)13-26-17-11-5-4-10-16(17)20(25)27-14-19(24)22-12-6-9-15-7-2-1-3-8-15/h1-5,7-8,10-11H,6,9,12-14H2,(H2,21,23)(H,22,24). The third-order valence-corrected chi connectivity index (χ3v) is 3.62. The van der Waals surface area contributed by atoms with Crippen LogP contribution >= 0.6 is 0 Å². The van der Waals surface area contributed by atoms with Gasteiger partial charge in [0.2, 0.25) is 0 Å². The molecule has 0 aromatic heterocycles. The van der Waals surface area contributed by atoms with Gasteiger partial charge in [-0.25, -0.2) is 4.79 Å². The lowest BCUT2D eigenvalue weighted by Crippen LogP contribution is -2.30. The predicted molar refractivity (Wildman–Crippen MR) is 99.2 cm³/mol. The number of aryl methyl sites for hydroxylation is 1. The van der Waals surface area contributed by atoms with Crippen molar-refractivity contribution in [3.05, 3.63) is 65.7 Å². The molecular weight excluding hydrogens is 348 g/mol. The van der Waals surface area contributed by atoms with E-state index in [0.29, 0.717) is 6.54 Å². The van der Waals surface area contributed by atoms with Crippen LogP contribution in [-0.4, -0.2) is 37.5 Å². The smallest absolute Gasteiger partial charge is 0.342 e. The molecule has 0 saturated heterocycles. The van der Waals surface area contributed by atoms with Gasteiger partial charge in [0.25, 0.3) is 11.8 Å². The largest absolute Gasteiger partial charge is 0.483 e. The summed E-state index contributed by atoms with van der Waals surface area (Å²) in [6, 6.07) is 16.2. The van der Waals surface area contributed by atoms with Gasteiger partial charge in [0, 0.05) is 6.54 Å². The Balaban J connectivity index is 1.73. The van der Waals surface area contributed by atoms with E-state index >= 15 is 0 Å². The van der Waals surface area contributed by atoms with Crippen LogP contribution in [-0.2, 0) is 20.7 Å². The van der Waals surface area contributed by atoms with Gasteiger partial charge in [0.15, 0.2) is 13.2 Å². The predicted octanol–water partition coefficient (Wildman–Crippen LogP) is 1.46. The number of primary amides is 1. The molecule has 142 valence electrons. The highest BCUT2D eigenvalue weighted by atomic mass is 16.5. The molecule has 0 atom stereocenters. The highest BCUT2D eigenvalue weighted by Crippen LogP contribution is 2.18. The van der Waals surface area contributed by atoms with E-state index < -0.39 is 18.5 Å². The van der Waals surface area contributed by atoms with Crippen molar-refractivity contribution < 1.29 is 23.9 Å². The fraction of sp³-hybridized carbons (Fsp3) is 0.250. The van der Waals surface area contributed by atoms with Crippen LogP contribution in [0.4, 0.5) is 0 Å². The summed E-state index contributed by atoms with van der Waals surface area (Å²) in [5.74, 6) is -1.58. The molecule has 3 N–H and O–H groups in total. The molecule has 0 spiro atoms. The summed E-state index contributed by atoms with van der Waals surface area (Å²) < 4.78 is 10.2. The minimum atomic E-state index is -0.713. The molecule has 7 heteroatoms. The van der Waals surface area contributed by atoms with Gasteiger partial charge in [-0.1, -0.05) is 42.5 Å². The second-order valence-electron chi connectivity index (χ2n) is 5.77. The zero-order valence-electron chi connectivity index (χ0n) is 14.9. The Morgan fingerprint density at radius 1 is 0.926 bits per heavy atom. The third kappa shape index (κ3) is 7.19. The van der Waals surface area contributed by atoms with Gasteiger partial charge >= 0.3 is 5.97 Å². The average Bonchev–Trinajstić information content (AvgIpc) is 2.69. The quantitative estimate of drug-likeness (QED) is 0.486. The zero-order valence-corrected chi connectivity index (χ0v) is 14.9. The summed E-state index contributed by atoms with van der Waals surface area (Å²) >= 11 is 0. The highest BCUT2D eigenvalue weighted by Gasteiger charge is 2.15. The molecule has 2 aromatic rings. The molecular formula is C20H22N2O5. The molecule has 0 aliphatic carbocycles. The lowest BCUT2D eigenvalue weighted by atomic mass is 10.1. The van der Waals surface area contributed by atoms with Crippen LogP contribution in [0.3, 0.4) is 0 Å². The first-order valence-corrected chi connectivity index (χ1v) is 8.54. The Morgan fingerprint density at radius 3 is 2.37 bits per heavy atom. The summed E-state index contributed by atoms with van der Waals surface area (Å²) in [6.45, 7) is -0.260.